The van der Waals surface area contributed by atoms with Crippen molar-refractivity contribution in [1.82, 2.24) is 0 Å². The molecule has 0 aliphatic carbocycles. The molecule has 19 heavy (non-hydrogen) atoms. The number of carbonyl (C=O) groups is 2. The molecule has 0 atom stereocenters. The van der Waals surface area contributed by atoms with Gasteiger partial charge in [-0.1, -0.05) is 30.3 Å². The van der Waals surface area contributed by atoms with Crippen LogP contribution in [0, 0.1) is 0 Å². The summed E-state index contributed by atoms with van der Waals surface area (Å²) in [5.41, 5.74) is 1.11. The normalized spacial score (nSPS) is 10.1. The van der Waals surface area contributed by atoms with Crippen molar-refractivity contribution in [3.05, 3.63) is 52.9 Å². The zero-order valence-electron chi connectivity index (χ0n) is 10.1. The highest BCUT2D eigenvalue weighted by molar-refractivity contribution is 7.18. The molecular formula is C14H13NO3S. The number of rotatable bonds is 5. The first kappa shape index (κ1) is 13.3. The zero-order chi connectivity index (χ0) is 13.7. The molecule has 1 amide bonds. The second kappa shape index (κ2) is 6.15. The number of hydrogen-bond acceptors (Lipinski definition) is 3. The van der Waals surface area contributed by atoms with Gasteiger partial charge < -0.3 is 10.4 Å². The molecule has 98 valence electrons. The average molecular weight is 275 g/mol. The Balaban J connectivity index is 1.85. The van der Waals surface area contributed by atoms with E-state index in [0.717, 1.165) is 16.9 Å². The summed E-state index contributed by atoms with van der Waals surface area (Å²) < 4.78 is 0. The van der Waals surface area contributed by atoms with E-state index in [-0.39, 0.29) is 10.8 Å². The fourth-order valence-electron chi connectivity index (χ4n) is 1.62. The van der Waals surface area contributed by atoms with E-state index < -0.39 is 5.97 Å². The topological polar surface area (TPSA) is 66.4 Å². The number of benzene rings is 1. The average Bonchev–Trinajstić information content (AvgIpc) is 2.86. The van der Waals surface area contributed by atoms with Crippen LogP contribution in [0.3, 0.4) is 0 Å². The van der Waals surface area contributed by atoms with E-state index in [1.54, 1.807) is 6.07 Å². The van der Waals surface area contributed by atoms with Crippen LogP contribution in [0.2, 0.25) is 0 Å². The van der Waals surface area contributed by atoms with Crippen molar-refractivity contribution in [1.29, 1.82) is 0 Å². The van der Waals surface area contributed by atoms with Gasteiger partial charge in [0.1, 0.15) is 4.88 Å². The Labute approximate surface area is 114 Å². The van der Waals surface area contributed by atoms with Gasteiger partial charge in [0.25, 0.3) is 0 Å². The largest absolute Gasteiger partial charge is 0.477 e. The first-order valence-corrected chi connectivity index (χ1v) is 6.64. The third-order valence-electron chi connectivity index (χ3n) is 2.56. The van der Waals surface area contributed by atoms with E-state index in [4.69, 9.17) is 5.11 Å². The minimum absolute atomic E-state index is 0.109. The number of aromatic carboxylic acids is 1. The maximum absolute atomic E-state index is 11.7. The summed E-state index contributed by atoms with van der Waals surface area (Å²) in [6.45, 7) is 0. The molecule has 0 saturated carbocycles. The molecule has 5 heteroatoms. The molecule has 0 unspecified atom stereocenters. The minimum atomic E-state index is -0.977. The van der Waals surface area contributed by atoms with Gasteiger partial charge in [0, 0.05) is 6.42 Å². The Morgan fingerprint density at radius 1 is 1.11 bits per heavy atom. The van der Waals surface area contributed by atoms with Crippen molar-refractivity contribution in [2.75, 3.05) is 5.32 Å². The number of nitrogens with one attached hydrogen (secondary N) is 1. The van der Waals surface area contributed by atoms with Crippen LogP contribution < -0.4 is 5.32 Å². The molecule has 0 bridgehead atoms. The van der Waals surface area contributed by atoms with Gasteiger partial charge in [-0.15, -0.1) is 11.3 Å². The van der Waals surface area contributed by atoms with Crippen LogP contribution in [0.5, 0.6) is 0 Å². The summed E-state index contributed by atoms with van der Waals surface area (Å²) >= 11 is 1.06. The van der Waals surface area contributed by atoms with Crippen molar-refractivity contribution in [3.63, 3.8) is 0 Å². The van der Waals surface area contributed by atoms with E-state index in [0.29, 0.717) is 17.8 Å². The summed E-state index contributed by atoms with van der Waals surface area (Å²) in [6, 6.07) is 12.8. The van der Waals surface area contributed by atoms with Gasteiger partial charge in [0.05, 0.1) is 5.00 Å². The second-order valence-electron chi connectivity index (χ2n) is 4.00. The third-order valence-corrected chi connectivity index (χ3v) is 3.55. The summed E-state index contributed by atoms with van der Waals surface area (Å²) in [4.78, 5) is 22.6. The molecule has 2 aromatic rings. The van der Waals surface area contributed by atoms with E-state index >= 15 is 0 Å². The zero-order valence-corrected chi connectivity index (χ0v) is 10.9. The molecule has 1 aromatic carbocycles. The molecule has 0 saturated heterocycles. The van der Waals surface area contributed by atoms with Crippen molar-refractivity contribution in [2.45, 2.75) is 12.8 Å². The molecule has 4 nitrogen and oxygen atoms in total. The quantitative estimate of drug-likeness (QED) is 0.881. The SMILES string of the molecule is O=C(CCc1ccccc1)Nc1ccc(C(=O)O)s1. The number of carbonyl (C=O) groups excluding carboxylic acids is 1. The van der Waals surface area contributed by atoms with Crippen LogP contribution in [-0.4, -0.2) is 17.0 Å². The van der Waals surface area contributed by atoms with Gasteiger partial charge in [-0.25, -0.2) is 4.79 Å². The first-order valence-electron chi connectivity index (χ1n) is 5.82. The van der Waals surface area contributed by atoms with Gasteiger partial charge in [-0.3, -0.25) is 4.79 Å². The van der Waals surface area contributed by atoms with Crippen molar-refractivity contribution in [2.24, 2.45) is 0 Å². The lowest BCUT2D eigenvalue weighted by Crippen LogP contribution is -2.11. The number of carboxylic acid groups (broad SMARTS) is 1. The van der Waals surface area contributed by atoms with Crippen molar-refractivity contribution in [3.8, 4) is 0 Å². The smallest absolute Gasteiger partial charge is 0.345 e. The predicted octanol–water partition coefficient (Wildman–Crippen LogP) is 3.02. The summed E-state index contributed by atoms with van der Waals surface area (Å²) in [7, 11) is 0. The summed E-state index contributed by atoms with van der Waals surface area (Å²) in [6.07, 6.45) is 1.05. The Kier molecular flexibility index (Phi) is 4.30. The second-order valence-corrected chi connectivity index (χ2v) is 5.09. The number of hydrogen-bond donors (Lipinski definition) is 2. The van der Waals surface area contributed by atoms with Crippen LogP contribution in [0.25, 0.3) is 0 Å². The Hall–Kier alpha value is -2.14. The van der Waals surface area contributed by atoms with Crippen molar-refractivity contribution >= 4 is 28.2 Å². The lowest BCUT2D eigenvalue weighted by atomic mass is 10.1. The first-order chi connectivity index (χ1) is 9.15. The Morgan fingerprint density at radius 3 is 2.47 bits per heavy atom. The Bertz CT molecular complexity index is 577. The molecule has 1 aromatic heterocycles. The minimum Gasteiger partial charge on any atom is -0.477 e. The fraction of sp³-hybridized carbons (Fsp3) is 0.143. The van der Waals surface area contributed by atoms with E-state index in [1.807, 2.05) is 30.3 Å². The summed E-state index contributed by atoms with van der Waals surface area (Å²) in [5.74, 6) is -1.09. The van der Waals surface area contributed by atoms with Gasteiger partial charge in [-0.2, -0.15) is 0 Å². The van der Waals surface area contributed by atoms with Crippen LogP contribution >= 0.6 is 11.3 Å². The molecule has 2 rings (SSSR count). The molecule has 0 aliphatic rings. The van der Waals surface area contributed by atoms with Gasteiger partial charge >= 0.3 is 5.97 Å². The highest BCUT2D eigenvalue weighted by Gasteiger charge is 2.09. The van der Waals surface area contributed by atoms with Crippen LogP contribution in [0.4, 0.5) is 5.00 Å². The van der Waals surface area contributed by atoms with Gasteiger partial charge in [-0.05, 0) is 24.1 Å². The molecule has 0 fully saturated rings. The maximum atomic E-state index is 11.7. The van der Waals surface area contributed by atoms with Crippen LogP contribution in [0.15, 0.2) is 42.5 Å². The maximum Gasteiger partial charge on any atom is 0.345 e. The molecule has 0 radical (unpaired) electrons. The lowest BCUT2D eigenvalue weighted by molar-refractivity contribution is -0.116. The van der Waals surface area contributed by atoms with E-state index in [9.17, 15) is 9.59 Å². The number of thiophene rings is 1. The van der Waals surface area contributed by atoms with Gasteiger partial charge in [0.2, 0.25) is 5.91 Å². The van der Waals surface area contributed by atoms with Crippen LogP contribution in [-0.2, 0) is 11.2 Å². The molecule has 0 spiro atoms. The monoisotopic (exact) mass is 275 g/mol. The summed E-state index contributed by atoms with van der Waals surface area (Å²) in [5, 5.41) is 12.1. The molecule has 0 aliphatic heterocycles. The van der Waals surface area contributed by atoms with Gasteiger partial charge in [0.15, 0.2) is 0 Å². The fourth-order valence-corrected chi connectivity index (χ4v) is 2.38. The standard InChI is InChI=1S/C14H13NO3S/c16-12(8-6-10-4-2-1-3-5-10)15-13-9-7-11(19-13)14(17)18/h1-5,7,9H,6,8H2,(H,15,16)(H,17,18). The number of aryl methyl sites for hydroxylation is 1. The van der Waals surface area contributed by atoms with E-state index in [2.05, 4.69) is 5.32 Å². The number of anilines is 1. The Morgan fingerprint density at radius 2 is 1.84 bits per heavy atom. The van der Waals surface area contributed by atoms with E-state index in [1.165, 1.54) is 6.07 Å². The van der Waals surface area contributed by atoms with Crippen molar-refractivity contribution < 1.29 is 14.7 Å². The highest BCUT2D eigenvalue weighted by atomic mass is 32.1. The number of carboxylic acids is 1. The lowest BCUT2D eigenvalue weighted by Gasteiger charge is -2.02. The van der Waals surface area contributed by atoms with Crippen LogP contribution in [0.1, 0.15) is 21.7 Å². The third kappa shape index (κ3) is 3.93. The number of amides is 1. The molecule has 2 N–H and O–H groups in total. The predicted molar refractivity (Wildman–Crippen MR) is 74.7 cm³/mol. The highest BCUT2D eigenvalue weighted by Crippen LogP contribution is 2.21. The molecule has 1 heterocycles. The molecular weight excluding hydrogens is 262 g/mol.